The van der Waals surface area contributed by atoms with Gasteiger partial charge >= 0.3 is 0 Å². The van der Waals surface area contributed by atoms with E-state index in [0.29, 0.717) is 6.61 Å². The number of hydrogen-bond acceptors (Lipinski definition) is 3. The normalized spacial score (nSPS) is 11.9. The molecule has 2 rings (SSSR count). The lowest BCUT2D eigenvalue weighted by Crippen LogP contribution is -2.19. The van der Waals surface area contributed by atoms with Crippen LogP contribution < -0.4 is 15.2 Å². The fraction of sp³-hybridized carbons (Fsp3) is 0.333. The Kier molecular flexibility index (Phi) is 6.10. The van der Waals surface area contributed by atoms with Crippen LogP contribution in [-0.2, 0) is 0 Å². The van der Waals surface area contributed by atoms with Crippen LogP contribution >= 0.6 is 0 Å². The molecule has 0 heterocycles. The Labute approximate surface area is 126 Å². The molecule has 0 aliphatic carbocycles. The highest BCUT2D eigenvalue weighted by Gasteiger charge is 2.00. The number of rotatable bonds is 8. The Hall–Kier alpha value is -2.00. The Balaban J connectivity index is 1.77. The molecule has 0 aliphatic heterocycles. The number of para-hydroxylation sites is 1. The van der Waals surface area contributed by atoms with E-state index in [1.165, 1.54) is 0 Å². The van der Waals surface area contributed by atoms with Crippen LogP contribution in [0.4, 0.5) is 0 Å². The average molecular weight is 285 g/mol. The number of hydrogen-bond donors (Lipinski definition) is 1. The van der Waals surface area contributed by atoms with Crippen molar-refractivity contribution in [2.75, 3.05) is 6.61 Å². The summed E-state index contributed by atoms with van der Waals surface area (Å²) in [6.07, 6.45) is 3.01. The van der Waals surface area contributed by atoms with Crippen LogP contribution in [0.5, 0.6) is 17.2 Å². The van der Waals surface area contributed by atoms with E-state index in [0.717, 1.165) is 36.5 Å². The van der Waals surface area contributed by atoms with Gasteiger partial charge < -0.3 is 15.2 Å². The van der Waals surface area contributed by atoms with Gasteiger partial charge in [-0.15, -0.1) is 0 Å². The predicted molar refractivity (Wildman–Crippen MR) is 86.0 cm³/mol. The summed E-state index contributed by atoms with van der Waals surface area (Å²) in [7, 11) is 0. The van der Waals surface area contributed by atoms with Gasteiger partial charge in [0.05, 0.1) is 6.61 Å². The molecule has 3 heteroatoms. The molecule has 2 aromatic carbocycles. The summed E-state index contributed by atoms with van der Waals surface area (Å²) in [5, 5.41) is 0. The molecular formula is C18H23NO2. The largest absolute Gasteiger partial charge is 0.494 e. The van der Waals surface area contributed by atoms with E-state index >= 15 is 0 Å². The van der Waals surface area contributed by atoms with Crippen LogP contribution in [-0.4, -0.2) is 12.6 Å². The van der Waals surface area contributed by atoms with Gasteiger partial charge in [0.2, 0.25) is 0 Å². The summed E-state index contributed by atoms with van der Waals surface area (Å²) in [4.78, 5) is 0. The highest BCUT2D eigenvalue weighted by molar-refractivity contribution is 5.35. The number of nitrogens with two attached hydrogens (primary N) is 1. The number of benzene rings is 2. The van der Waals surface area contributed by atoms with Gasteiger partial charge in [-0.25, -0.2) is 0 Å². The zero-order valence-corrected chi connectivity index (χ0v) is 12.5. The molecule has 2 N–H and O–H groups in total. The van der Waals surface area contributed by atoms with Gasteiger partial charge in [-0.3, -0.25) is 0 Å². The van der Waals surface area contributed by atoms with Crippen molar-refractivity contribution in [3.8, 4) is 17.2 Å². The van der Waals surface area contributed by atoms with E-state index in [2.05, 4.69) is 6.92 Å². The van der Waals surface area contributed by atoms with E-state index in [1.54, 1.807) is 0 Å². The molecule has 0 aromatic heterocycles. The fourth-order valence-corrected chi connectivity index (χ4v) is 1.97. The third-order valence-corrected chi connectivity index (χ3v) is 3.31. The quantitative estimate of drug-likeness (QED) is 0.732. The Morgan fingerprint density at radius 1 is 0.905 bits per heavy atom. The maximum Gasteiger partial charge on any atom is 0.127 e. The summed E-state index contributed by atoms with van der Waals surface area (Å²) in [5.41, 5.74) is 5.87. The average Bonchev–Trinajstić information content (AvgIpc) is 2.54. The molecule has 112 valence electrons. The van der Waals surface area contributed by atoms with Crippen LogP contribution in [0.25, 0.3) is 0 Å². The molecule has 2 aromatic rings. The van der Waals surface area contributed by atoms with Gasteiger partial charge in [0.25, 0.3) is 0 Å². The summed E-state index contributed by atoms with van der Waals surface area (Å²) < 4.78 is 11.4. The van der Waals surface area contributed by atoms with Crippen LogP contribution in [0, 0.1) is 0 Å². The molecular weight excluding hydrogens is 262 g/mol. The van der Waals surface area contributed by atoms with Crippen molar-refractivity contribution in [2.24, 2.45) is 5.73 Å². The van der Waals surface area contributed by atoms with Crippen LogP contribution in [0.1, 0.15) is 26.2 Å². The second-order valence-corrected chi connectivity index (χ2v) is 5.05. The Bertz CT molecular complexity index is 511. The summed E-state index contributed by atoms with van der Waals surface area (Å²) in [5.74, 6) is 2.50. The van der Waals surface area contributed by atoms with Crippen molar-refractivity contribution in [3.05, 3.63) is 54.6 Å². The zero-order valence-electron chi connectivity index (χ0n) is 12.5. The van der Waals surface area contributed by atoms with Crippen molar-refractivity contribution < 1.29 is 9.47 Å². The van der Waals surface area contributed by atoms with Crippen molar-refractivity contribution in [3.63, 3.8) is 0 Å². The summed E-state index contributed by atoms with van der Waals surface area (Å²) >= 11 is 0. The van der Waals surface area contributed by atoms with Crippen molar-refractivity contribution >= 4 is 0 Å². The molecule has 0 amide bonds. The van der Waals surface area contributed by atoms with E-state index in [9.17, 15) is 0 Å². The van der Waals surface area contributed by atoms with Gasteiger partial charge in [-0.05, 0) is 55.7 Å². The molecule has 1 unspecified atom stereocenters. The zero-order chi connectivity index (χ0) is 14.9. The molecule has 0 aliphatic rings. The van der Waals surface area contributed by atoms with Crippen molar-refractivity contribution in [1.29, 1.82) is 0 Å². The van der Waals surface area contributed by atoms with Gasteiger partial charge in [-0.2, -0.15) is 0 Å². The third kappa shape index (κ3) is 5.48. The molecule has 3 nitrogen and oxygen atoms in total. The first-order valence-corrected chi connectivity index (χ1v) is 7.49. The minimum Gasteiger partial charge on any atom is -0.494 e. The lowest BCUT2D eigenvalue weighted by molar-refractivity contribution is 0.300. The van der Waals surface area contributed by atoms with E-state index in [1.807, 2.05) is 54.6 Å². The lowest BCUT2D eigenvalue weighted by atomic mass is 10.1. The molecule has 0 spiro atoms. The molecule has 0 bridgehead atoms. The molecule has 0 saturated heterocycles. The summed E-state index contributed by atoms with van der Waals surface area (Å²) in [6, 6.07) is 17.7. The maximum absolute atomic E-state index is 5.87. The van der Waals surface area contributed by atoms with E-state index < -0.39 is 0 Å². The highest BCUT2D eigenvalue weighted by Crippen LogP contribution is 2.23. The summed E-state index contributed by atoms with van der Waals surface area (Å²) in [6.45, 7) is 2.81. The van der Waals surface area contributed by atoms with E-state index in [-0.39, 0.29) is 6.04 Å². The standard InChI is InChI=1S/C18H23NO2/c1-2-15(19)7-6-14-20-16-10-12-18(13-11-16)21-17-8-4-3-5-9-17/h3-5,8-13,15H,2,6-7,14,19H2,1H3. The van der Waals surface area contributed by atoms with Gasteiger partial charge in [0.1, 0.15) is 17.2 Å². The third-order valence-electron chi connectivity index (χ3n) is 3.31. The highest BCUT2D eigenvalue weighted by atomic mass is 16.5. The van der Waals surface area contributed by atoms with Crippen LogP contribution in [0.15, 0.2) is 54.6 Å². The number of ether oxygens (including phenoxy) is 2. The second kappa shape index (κ2) is 8.32. The first-order chi connectivity index (χ1) is 10.3. The van der Waals surface area contributed by atoms with Gasteiger partial charge in [0.15, 0.2) is 0 Å². The SMILES string of the molecule is CCC(N)CCCOc1ccc(Oc2ccccc2)cc1. The molecule has 0 radical (unpaired) electrons. The first-order valence-electron chi connectivity index (χ1n) is 7.49. The van der Waals surface area contributed by atoms with Crippen LogP contribution in [0.2, 0.25) is 0 Å². The molecule has 0 fully saturated rings. The predicted octanol–water partition coefficient (Wildman–Crippen LogP) is 4.38. The molecule has 1 atom stereocenters. The molecule has 21 heavy (non-hydrogen) atoms. The van der Waals surface area contributed by atoms with Crippen molar-refractivity contribution in [1.82, 2.24) is 0 Å². The monoisotopic (exact) mass is 285 g/mol. The van der Waals surface area contributed by atoms with Gasteiger partial charge in [0, 0.05) is 6.04 Å². The minimum absolute atomic E-state index is 0.287. The molecule has 0 saturated carbocycles. The fourth-order valence-electron chi connectivity index (χ4n) is 1.97. The Morgan fingerprint density at radius 2 is 1.52 bits per heavy atom. The smallest absolute Gasteiger partial charge is 0.127 e. The lowest BCUT2D eigenvalue weighted by Gasteiger charge is -2.10. The van der Waals surface area contributed by atoms with Crippen LogP contribution in [0.3, 0.4) is 0 Å². The minimum atomic E-state index is 0.287. The maximum atomic E-state index is 5.87. The second-order valence-electron chi connectivity index (χ2n) is 5.05. The van der Waals surface area contributed by atoms with Gasteiger partial charge in [-0.1, -0.05) is 25.1 Å². The van der Waals surface area contributed by atoms with E-state index in [4.69, 9.17) is 15.2 Å². The van der Waals surface area contributed by atoms with Crippen molar-refractivity contribution in [2.45, 2.75) is 32.2 Å². The first kappa shape index (κ1) is 15.4. The topological polar surface area (TPSA) is 44.5 Å². The Morgan fingerprint density at radius 3 is 2.19 bits per heavy atom.